The van der Waals surface area contributed by atoms with Gasteiger partial charge in [0.05, 0.1) is 19.1 Å². The molecule has 4 nitrogen and oxygen atoms in total. The average Bonchev–Trinajstić information content (AvgIpc) is 2.85. The molecule has 0 fully saturated rings. The average molecular weight is 525 g/mol. The Kier molecular flexibility index (Phi) is 24.5. The second kappa shape index (κ2) is 25.2. The van der Waals surface area contributed by atoms with Crippen LogP contribution >= 0.6 is 0 Å². The van der Waals surface area contributed by atoms with Crippen molar-refractivity contribution in [1.29, 1.82) is 0 Å². The van der Waals surface area contributed by atoms with Gasteiger partial charge < -0.3 is 9.47 Å². The highest BCUT2D eigenvalue weighted by molar-refractivity contribution is 5.72. The van der Waals surface area contributed by atoms with Crippen LogP contribution in [0.1, 0.15) is 164 Å². The molecule has 220 valence electrons. The minimum absolute atomic E-state index is 0.0103. The smallest absolute Gasteiger partial charge is 0.308 e. The van der Waals surface area contributed by atoms with Crippen molar-refractivity contribution in [1.82, 2.24) is 0 Å². The first-order valence-electron chi connectivity index (χ1n) is 16.1. The van der Waals surface area contributed by atoms with E-state index in [1.165, 1.54) is 70.6 Å². The molecule has 0 aromatic heterocycles. The Morgan fingerprint density at radius 3 is 1.35 bits per heavy atom. The predicted molar refractivity (Wildman–Crippen MR) is 158 cm³/mol. The lowest BCUT2D eigenvalue weighted by atomic mass is 9.90. The zero-order valence-corrected chi connectivity index (χ0v) is 25.8. The Labute approximate surface area is 231 Å². The second-order valence-electron chi connectivity index (χ2n) is 12.4. The third-order valence-electron chi connectivity index (χ3n) is 7.62. The summed E-state index contributed by atoms with van der Waals surface area (Å²) in [5, 5.41) is 0. The summed E-state index contributed by atoms with van der Waals surface area (Å²) in [6.45, 7) is 14.2. The summed E-state index contributed by atoms with van der Waals surface area (Å²) in [4.78, 5) is 23.9. The van der Waals surface area contributed by atoms with E-state index >= 15 is 0 Å². The Hall–Kier alpha value is -1.06. The van der Waals surface area contributed by atoms with Crippen molar-refractivity contribution in [3.05, 3.63) is 0 Å². The summed E-state index contributed by atoms with van der Waals surface area (Å²) >= 11 is 0. The summed E-state index contributed by atoms with van der Waals surface area (Å²) in [5.74, 6) is 1.75. The van der Waals surface area contributed by atoms with E-state index in [1.807, 2.05) is 6.92 Å². The minimum atomic E-state index is -0.0135. The van der Waals surface area contributed by atoms with E-state index in [1.54, 1.807) is 0 Å². The van der Waals surface area contributed by atoms with Crippen LogP contribution < -0.4 is 0 Å². The number of unbranched alkanes of at least 4 members (excludes halogenated alkanes) is 12. The molecule has 0 saturated carbocycles. The van der Waals surface area contributed by atoms with Crippen molar-refractivity contribution >= 4 is 11.9 Å². The van der Waals surface area contributed by atoms with Crippen LogP contribution in [0.15, 0.2) is 0 Å². The first-order chi connectivity index (χ1) is 17.7. The number of ether oxygens (including phenoxy) is 2. The van der Waals surface area contributed by atoms with Crippen LogP contribution in [-0.4, -0.2) is 25.2 Å². The van der Waals surface area contributed by atoms with E-state index in [4.69, 9.17) is 9.47 Å². The van der Waals surface area contributed by atoms with Crippen LogP contribution in [0.2, 0.25) is 0 Å². The fourth-order valence-electron chi connectivity index (χ4n) is 4.71. The molecule has 0 spiro atoms. The molecular weight excluding hydrogens is 460 g/mol. The molecule has 2 atom stereocenters. The van der Waals surface area contributed by atoms with E-state index in [0.717, 1.165) is 44.9 Å². The second-order valence-corrected chi connectivity index (χ2v) is 12.4. The molecule has 0 aromatic rings. The fourth-order valence-corrected chi connectivity index (χ4v) is 4.71. The summed E-state index contributed by atoms with van der Waals surface area (Å²) in [6.07, 6.45) is 22.5. The normalized spacial score (nSPS) is 13.2. The van der Waals surface area contributed by atoms with Crippen LogP contribution in [0, 0.1) is 23.7 Å². The van der Waals surface area contributed by atoms with Crippen LogP contribution in [0.5, 0.6) is 0 Å². The molecule has 0 heterocycles. The Morgan fingerprint density at radius 1 is 0.486 bits per heavy atom. The Morgan fingerprint density at radius 2 is 0.892 bits per heavy atom. The Bertz CT molecular complexity index is 528. The highest BCUT2D eigenvalue weighted by atomic mass is 16.5. The molecule has 4 heteroatoms. The number of esters is 2. The van der Waals surface area contributed by atoms with Gasteiger partial charge in [-0.1, -0.05) is 119 Å². The van der Waals surface area contributed by atoms with Crippen molar-refractivity contribution in [3.8, 4) is 0 Å². The number of carbonyl (C=O) groups excluding carboxylic acids is 2. The molecule has 2 unspecified atom stereocenters. The maximum atomic E-state index is 12.2. The summed E-state index contributed by atoms with van der Waals surface area (Å²) in [6, 6.07) is 0. The largest absolute Gasteiger partial charge is 0.466 e. The van der Waals surface area contributed by atoms with Gasteiger partial charge in [0.1, 0.15) is 0 Å². The number of hydrogen-bond donors (Lipinski definition) is 0. The van der Waals surface area contributed by atoms with Gasteiger partial charge in [0.25, 0.3) is 0 Å². The van der Waals surface area contributed by atoms with Crippen LogP contribution in [0.25, 0.3) is 0 Å². The molecule has 0 radical (unpaired) electrons. The zero-order chi connectivity index (χ0) is 27.7. The standard InChI is InChI=1S/C33H64O4/c1-28(2)22-20-26-36-32(34)25-19-17-15-13-11-9-7-8-10-12-14-16-18-24-30(5)31(6)33(35)37-27-21-23-29(3)4/h28-31H,7-27H2,1-6H3. The topological polar surface area (TPSA) is 52.6 Å². The molecule has 0 aliphatic rings. The van der Waals surface area contributed by atoms with Crippen LogP contribution in [0.4, 0.5) is 0 Å². The third-order valence-corrected chi connectivity index (χ3v) is 7.62. The van der Waals surface area contributed by atoms with Gasteiger partial charge in [-0.3, -0.25) is 9.59 Å². The SMILES string of the molecule is CC(C)CCCOC(=O)CCCCCCCCCCCCCCCC(C)C(C)C(=O)OCCCC(C)C. The molecule has 0 saturated heterocycles. The highest BCUT2D eigenvalue weighted by Gasteiger charge is 2.21. The highest BCUT2D eigenvalue weighted by Crippen LogP contribution is 2.21. The zero-order valence-electron chi connectivity index (χ0n) is 25.8. The van der Waals surface area contributed by atoms with E-state index < -0.39 is 0 Å². The molecule has 0 rings (SSSR count). The molecule has 0 amide bonds. The van der Waals surface area contributed by atoms with Gasteiger partial charge in [0.2, 0.25) is 0 Å². The van der Waals surface area contributed by atoms with Crippen LogP contribution in [-0.2, 0) is 19.1 Å². The van der Waals surface area contributed by atoms with Gasteiger partial charge in [-0.15, -0.1) is 0 Å². The van der Waals surface area contributed by atoms with Crippen molar-refractivity contribution in [3.63, 3.8) is 0 Å². The quantitative estimate of drug-likeness (QED) is 0.0834. The molecule has 0 aliphatic heterocycles. The third kappa shape index (κ3) is 25.0. The molecule has 0 N–H and O–H groups in total. The first-order valence-corrected chi connectivity index (χ1v) is 16.1. The van der Waals surface area contributed by atoms with Gasteiger partial charge in [-0.2, -0.15) is 0 Å². The lowest BCUT2D eigenvalue weighted by Gasteiger charge is -2.18. The summed E-state index contributed by atoms with van der Waals surface area (Å²) < 4.78 is 10.8. The Balaban J connectivity index is 3.40. The van der Waals surface area contributed by atoms with Gasteiger partial charge in [0.15, 0.2) is 0 Å². The fraction of sp³-hybridized carbons (Fsp3) is 0.939. The van der Waals surface area contributed by atoms with Gasteiger partial charge in [0, 0.05) is 6.42 Å². The molecule has 0 aliphatic carbocycles. The molecular formula is C33H64O4. The first kappa shape index (κ1) is 35.9. The number of rotatable bonds is 26. The van der Waals surface area contributed by atoms with Crippen molar-refractivity contribution in [2.24, 2.45) is 23.7 Å². The van der Waals surface area contributed by atoms with Gasteiger partial charge in [-0.25, -0.2) is 0 Å². The van der Waals surface area contributed by atoms with E-state index in [-0.39, 0.29) is 17.9 Å². The lowest BCUT2D eigenvalue weighted by molar-refractivity contribution is -0.150. The van der Waals surface area contributed by atoms with Crippen molar-refractivity contribution in [2.75, 3.05) is 13.2 Å². The molecule has 0 bridgehead atoms. The summed E-state index contributed by atoms with van der Waals surface area (Å²) in [5.41, 5.74) is 0. The molecule has 37 heavy (non-hydrogen) atoms. The maximum absolute atomic E-state index is 12.2. The van der Waals surface area contributed by atoms with Crippen molar-refractivity contribution < 1.29 is 19.1 Å². The monoisotopic (exact) mass is 524 g/mol. The van der Waals surface area contributed by atoms with Crippen LogP contribution in [0.3, 0.4) is 0 Å². The van der Waals surface area contributed by atoms with Gasteiger partial charge >= 0.3 is 11.9 Å². The maximum Gasteiger partial charge on any atom is 0.308 e. The minimum Gasteiger partial charge on any atom is -0.466 e. The van der Waals surface area contributed by atoms with E-state index in [2.05, 4.69) is 34.6 Å². The van der Waals surface area contributed by atoms with Gasteiger partial charge in [-0.05, 0) is 56.3 Å². The van der Waals surface area contributed by atoms with E-state index in [9.17, 15) is 9.59 Å². The summed E-state index contributed by atoms with van der Waals surface area (Å²) in [7, 11) is 0. The lowest BCUT2D eigenvalue weighted by Crippen LogP contribution is -2.22. The number of hydrogen-bond acceptors (Lipinski definition) is 4. The number of carbonyl (C=O) groups is 2. The van der Waals surface area contributed by atoms with E-state index in [0.29, 0.717) is 37.4 Å². The van der Waals surface area contributed by atoms with Crippen molar-refractivity contribution in [2.45, 2.75) is 164 Å². The predicted octanol–water partition coefficient (Wildman–Crippen LogP) is 10.1. The molecule has 0 aromatic carbocycles.